The monoisotopic (exact) mass is 321 g/mol. The van der Waals surface area contributed by atoms with Gasteiger partial charge in [0.2, 0.25) is 0 Å². The number of rotatable bonds is 2. The van der Waals surface area contributed by atoms with Crippen molar-refractivity contribution >= 4 is 52.1 Å². The van der Waals surface area contributed by atoms with E-state index in [1.54, 1.807) is 30.3 Å². The minimum absolute atomic E-state index is 0.303. The minimum Gasteiger partial charge on any atom is -0.453 e. The highest BCUT2D eigenvalue weighted by atomic mass is 35.5. The van der Waals surface area contributed by atoms with Gasteiger partial charge >= 0.3 is 0 Å². The summed E-state index contributed by atoms with van der Waals surface area (Å²) in [5.41, 5.74) is 6.06. The summed E-state index contributed by atoms with van der Waals surface area (Å²) < 4.78 is 5.57. The van der Waals surface area contributed by atoms with Gasteiger partial charge in [-0.2, -0.15) is 0 Å². The van der Waals surface area contributed by atoms with Crippen LogP contribution in [0.3, 0.4) is 0 Å². The Kier molecular flexibility index (Phi) is 4.13. The Labute approximate surface area is 124 Å². The first kappa shape index (κ1) is 13.6. The zero-order valence-corrected chi connectivity index (χ0v) is 11.9. The van der Waals surface area contributed by atoms with E-state index in [1.807, 2.05) is 0 Å². The van der Waals surface area contributed by atoms with Crippen molar-refractivity contribution in [1.29, 1.82) is 0 Å². The maximum Gasteiger partial charge on any atom is 0.164 e. The topological polar surface area (TPSA) is 35.2 Å². The molecule has 0 fully saturated rings. The Hall–Kier alpha value is -0.800. The number of halogens is 4. The molecule has 2 aromatic rings. The van der Waals surface area contributed by atoms with Crippen LogP contribution in [0, 0.1) is 0 Å². The van der Waals surface area contributed by atoms with Gasteiger partial charge in [-0.1, -0.05) is 46.4 Å². The number of nitrogen functional groups attached to an aromatic ring is 1. The standard InChI is InChI=1S/C12H7Cl4NO/c13-6-1-2-11(8(14)3-6)18-12-9(15)4-7(17)5-10(12)16/h1-5H,17H2. The van der Waals surface area contributed by atoms with Crippen molar-refractivity contribution in [3.63, 3.8) is 0 Å². The van der Waals surface area contributed by atoms with Gasteiger partial charge in [-0.25, -0.2) is 0 Å². The van der Waals surface area contributed by atoms with E-state index >= 15 is 0 Å². The first-order valence-corrected chi connectivity index (χ1v) is 6.36. The van der Waals surface area contributed by atoms with Gasteiger partial charge in [-0.15, -0.1) is 0 Å². The average molecular weight is 323 g/mol. The van der Waals surface area contributed by atoms with Crippen molar-refractivity contribution < 1.29 is 4.74 Å². The predicted molar refractivity (Wildman–Crippen MR) is 77.4 cm³/mol. The van der Waals surface area contributed by atoms with E-state index < -0.39 is 0 Å². The van der Waals surface area contributed by atoms with Crippen molar-refractivity contribution in [3.05, 3.63) is 50.4 Å². The highest BCUT2D eigenvalue weighted by Crippen LogP contribution is 2.40. The summed E-state index contributed by atoms with van der Waals surface area (Å²) in [7, 11) is 0. The van der Waals surface area contributed by atoms with Crippen LogP contribution in [0.1, 0.15) is 0 Å². The van der Waals surface area contributed by atoms with E-state index in [4.69, 9.17) is 56.9 Å². The van der Waals surface area contributed by atoms with E-state index in [-0.39, 0.29) is 0 Å². The second kappa shape index (κ2) is 5.45. The van der Waals surface area contributed by atoms with E-state index in [0.29, 0.717) is 37.3 Å². The molecule has 0 bridgehead atoms. The Morgan fingerprint density at radius 1 is 0.833 bits per heavy atom. The summed E-state index contributed by atoms with van der Waals surface area (Å²) in [6.07, 6.45) is 0. The quantitative estimate of drug-likeness (QED) is 0.722. The van der Waals surface area contributed by atoms with Gasteiger partial charge in [-0.3, -0.25) is 0 Å². The van der Waals surface area contributed by atoms with Gasteiger partial charge in [0.25, 0.3) is 0 Å². The maximum atomic E-state index is 6.01. The molecule has 2 rings (SSSR count). The zero-order chi connectivity index (χ0) is 13.3. The fourth-order valence-electron chi connectivity index (χ4n) is 1.34. The molecular weight excluding hydrogens is 316 g/mol. The van der Waals surface area contributed by atoms with Crippen LogP contribution in [-0.4, -0.2) is 0 Å². The molecule has 0 aliphatic carbocycles. The molecule has 0 unspecified atom stereocenters. The summed E-state index contributed by atoms with van der Waals surface area (Å²) in [5, 5.41) is 1.50. The summed E-state index contributed by atoms with van der Waals surface area (Å²) in [4.78, 5) is 0. The highest BCUT2D eigenvalue weighted by molar-refractivity contribution is 6.38. The fourth-order valence-corrected chi connectivity index (χ4v) is 2.37. The largest absolute Gasteiger partial charge is 0.453 e. The molecule has 18 heavy (non-hydrogen) atoms. The van der Waals surface area contributed by atoms with Crippen molar-refractivity contribution in [3.8, 4) is 11.5 Å². The molecule has 0 saturated heterocycles. The predicted octanol–water partition coefficient (Wildman–Crippen LogP) is 5.67. The highest BCUT2D eigenvalue weighted by Gasteiger charge is 2.12. The smallest absolute Gasteiger partial charge is 0.164 e. The number of nitrogens with two attached hydrogens (primary N) is 1. The second-order valence-corrected chi connectivity index (χ2v) is 5.15. The van der Waals surface area contributed by atoms with Crippen molar-refractivity contribution in [2.75, 3.05) is 5.73 Å². The van der Waals surface area contributed by atoms with Gasteiger partial charge in [-0.05, 0) is 30.3 Å². The van der Waals surface area contributed by atoms with E-state index in [2.05, 4.69) is 0 Å². The summed E-state index contributed by atoms with van der Waals surface area (Å²) in [5.74, 6) is 0.714. The normalized spacial score (nSPS) is 10.4. The van der Waals surface area contributed by atoms with Crippen molar-refractivity contribution in [2.24, 2.45) is 0 Å². The lowest BCUT2D eigenvalue weighted by Gasteiger charge is -2.11. The molecule has 94 valence electrons. The minimum atomic E-state index is 0.303. The third kappa shape index (κ3) is 2.96. The Balaban J connectivity index is 2.40. The number of anilines is 1. The lowest BCUT2D eigenvalue weighted by Crippen LogP contribution is -1.91. The Morgan fingerprint density at radius 3 is 2.00 bits per heavy atom. The number of ether oxygens (including phenoxy) is 1. The number of benzene rings is 2. The first-order valence-electron chi connectivity index (χ1n) is 4.85. The van der Waals surface area contributed by atoms with Gasteiger partial charge in [0.15, 0.2) is 5.75 Å². The molecule has 0 atom stereocenters. The molecule has 0 aromatic heterocycles. The van der Waals surface area contributed by atoms with E-state index in [0.717, 1.165) is 0 Å². The zero-order valence-electron chi connectivity index (χ0n) is 8.88. The Morgan fingerprint density at radius 2 is 1.44 bits per heavy atom. The molecule has 2 N–H and O–H groups in total. The summed E-state index contributed by atoms with van der Waals surface area (Å²) in [6, 6.07) is 7.95. The van der Waals surface area contributed by atoms with Crippen LogP contribution in [0.5, 0.6) is 11.5 Å². The number of hydrogen-bond donors (Lipinski definition) is 1. The number of hydrogen-bond acceptors (Lipinski definition) is 2. The van der Waals surface area contributed by atoms with E-state index in [9.17, 15) is 0 Å². The molecule has 0 aliphatic heterocycles. The molecule has 0 saturated carbocycles. The van der Waals surface area contributed by atoms with Crippen LogP contribution in [0.2, 0.25) is 20.1 Å². The third-order valence-corrected chi connectivity index (χ3v) is 3.22. The van der Waals surface area contributed by atoms with Crippen LogP contribution < -0.4 is 10.5 Å². The lowest BCUT2D eigenvalue weighted by molar-refractivity contribution is 0.483. The van der Waals surface area contributed by atoms with Gasteiger partial charge in [0, 0.05) is 10.7 Å². The molecule has 0 aliphatic rings. The molecule has 0 amide bonds. The molecule has 2 aromatic carbocycles. The lowest BCUT2D eigenvalue weighted by atomic mass is 10.3. The van der Waals surface area contributed by atoms with Gasteiger partial charge in [0.1, 0.15) is 5.75 Å². The third-order valence-electron chi connectivity index (χ3n) is 2.13. The first-order chi connectivity index (χ1) is 8.47. The van der Waals surface area contributed by atoms with Crippen LogP contribution in [0.15, 0.2) is 30.3 Å². The van der Waals surface area contributed by atoms with Crippen molar-refractivity contribution in [2.45, 2.75) is 0 Å². The van der Waals surface area contributed by atoms with Crippen molar-refractivity contribution in [1.82, 2.24) is 0 Å². The SMILES string of the molecule is Nc1cc(Cl)c(Oc2ccc(Cl)cc2Cl)c(Cl)c1. The van der Waals surface area contributed by atoms with Crippen LogP contribution >= 0.6 is 46.4 Å². The Bertz CT molecular complexity index is 578. The van der Waals surface area contributed by atoms with Crippen LogP contribution in [-0.2, 0) is 0 Å². The average Bonchev–Trinajstić information content (AvgIpc) is 2.25. The van der Waals surface area contributed by atoms with E-state index in [1.165, 1.54) is 0 Å². The fraction of sp³-hybridized carbons (Fsp3) is 0. The molecule has 6 heteroatoms. The molecule has 0 heterocycles. The molecule has 0 spiro atoms. The molecule has 0 radical (unpaired) electrons. The summed E-state index contributed by atoms with van der Waals surface area (Å²) >= 11 is 23.8. The van der Waals surface area contributed by atoms with Gasteiger partial charge in [0.05, 0.1) is 15.1 Å². The maximum absolute atomic E-state index is 6.01. The molecule has 2 nitrogen and oxygen atoms in total. The van der Waals surface area contributed by atoms with Crippen LogP contribution in [0.25, 0.3) is 0 Å². The molecular formula is C12H7Cl4NO. The van der Waals surface area contributed by atoms with Gasteiger partial charge < -0.3 is 10.5 Å². The summed E-state index contributed by atoms with van der Waals surface area (Å²) in [6.45, 7) is 0. The van der Waals surface area contributed by atoms with Crippen LogP contribution in [0.4, 0.5) is 5.69 Å². The second-order valence-electron chi connectivity index (χ2n) is 3.49.